The number of anilines is 3. The van der Waals surface area contributed by atoms with Gasteiger partial charge in [-0.3, -0.25) is 42.8 Å². The average Bonchev–Trinajstić information content (AvgIpc) is 1.62. The molecular formula is C78H75N19O8. The van der Waals surface area contributed by atoms with Crippen molar-refractivity contribution in [2.45, 2.75) is 94.9 Å². The first-order chi connectivity index (χ1) is 51.1. The number of amides is 2. The maximum Gasteiger partial charge on any atom is 0.290 e. The lowest BCUT2D eigenvalue weighted by atomic mass is 9.83. The van der Waals surface area contributed by atoms with Crippen LogP contribution in [0.2, 0.25) is 0 Å². The van der Waals surface area contributed by atoms with Crippen LogP contribution in [0.15, 0.2) is 216 Å². The van der Waals surface area contributed by atoms with E-state index >= 15 is 0 Å². The van der Waals surface area contributed by atoms with Crippen molar-refractivity contribution >= 4 is 78.7 Å². The molecule has 3 aliphatic rings. The number of para-hydroxylation sites is 3. The number of allylic oxidation sites excluding steroid dienone is 1. The minimum absolute atomic E-state index is 0.00622. The number of nitrogens with two attached hydrogens (primary N) is 3. The highest BCUT2D eigenvalue weighted by Gasteiger charge is 2.34. The van der Waals surface area contributed by atoms with Crippen LogP contribution in [0.1, 0.15) is 76.3 Å². The molecule has 27 nitrogen and oxygen atoms in total. The molecule has 7 aromatic heterocycles. The number of benzene rings is 6. The lowest BCUT2D eigenvalue weighted by Gasteiger charge is -2.29. The van der Waals surface area contributed by atoms with E-state index in [0.717, 1.165) is 103 Å². The fraction of sp³-hybridized carbons (Fsp3) is 0.218. The Morgan fingerprint density at radius 1 is 0.533 bits per heavy atom. The minimum Gasteiger partial charge on any atom is -0.457 e. The van der Waals surface area contributed by atoms with Crippen molar-refractivity contribution < 1.29 is 23.9 Å². The van der Waals surface area contributed by atoms with Gasteiger partial charge < -0.3 is 36.9 Å². The predicted octanol–water partition coefficient (Wildman–Crippen LogP) is 11.5. The van der Waals surface area contributed by atoms with Gasteiger partial charge in [-0.1, -0.05) is 86.8 Å². The fourth-order valence-electron chi connectivity index (χ4n) is 14.4. The van der Waals surface area contributed by atoms with Crippen molar-refractivity contribution in [3.05, 3.63) is 233 Å². The summed E-state index contributed by atoms with van der Waals surface area (Å²) in [5, 5.41) is 43.9. The van der Waals surface area contributed by atoms with Gasteiger partial charge in [-0.25, -0.2) is 20.0 Å². The van der Waals surface area contributed by atoms with E-state index in [4.69, 9.17) is 42.0 Å². The zero-order chi connectivity index (χ0) is 72.8. The second kappa shape index (κ2) is 30.1. The van der Waals surface area contributed by atoms with E-state index in [1.165, 1.54) is 18.2 Å². The summed E-state index contributed by atoms with van der Waals surface area (Å²) in [6, 6.07) is 49.7. The molecular weight excluding hydrogens is 1330 g/mol. The Bertz CT molecular complexity index is 5600. The molecule has 16 rings (SSSR count). The average molecular weight is 1410 g/mol. The lowest BCUT2D eigenvalue weighted by Crippen LogP contribution is -2.37. The Labute approximate surface area is 599 Å². The van der Waals surface area contributed by atoms with Crippen LogP contribution in [0.4, 0.5) is 17.5 Å². The van der Waals surface area contributed by atoms with Gasteiger partial charge in [-0.15, -0.1) is 0 Å². The van der Waals surface area contributed by atoms with Crippen LogP contribution in [-0.4, -0.2) is 111 Å². The number of rotatable bonds is 17. The summed E-state index contributed by atoms with van der Waals surface area (Å²) < 4.78 is 18.8. The SMILES string of the molecule is C=CC(=O)C1CCC[C@@H](n2nc(-c3ccc4c(cnn4-c4ccccc4)c3)c3c(N)n[nH]c(=O)c32)C1.C=CC(=O)N1CCC[C@@H]1Cn1nc(-c2ccc(Oc3ccccc3)cc2)c2c(N)n[nH]c(=O)c21.C=CC(=O)NC1CCC(n2nc(-c3ccc(Oc4ccccc4)cc3)c3c(N)n[nH]c(=O)c32)CC1. The van der Waals surface area contributed by atoms with Crippen LogP contribution in [0, 0.1) is 5.92 Å². The molecule has 1 saturated heterocycles. The molecule has 8 heterocycles. The molecule has 105 heavy (non-hydrogen) atoms. The number of H-pyrrole nitrogens is 3. The standard InChI is InChI=1S/C27H25N7O2.C26H26N6O3.C25H24N6O3/c1-2-22(35)16-7-6-10-20(14-16)34-25-23(26(28)30-31-27(25)36)24(32-34)17-11-12-21-18(13-17)15-29-33(21)19-8-4-3-5-9-19;1-2-21(33)28-17-10-12-18(13-11-17)32-24-22(25(27)29-30-26(24)34)23(31-32)16-8-14-20(15-9-16)35-19-6-4-3-5-7-19;1-2-20(32)30-14-6-7-17(30)15-31-23-21(24(26)27-28-25(23)33)22(29-31)16-10-12-19(13-11-16)34-18-8-4-3-5-9-18/h2-5,8-9,11-13,15-16,20H,1,6-7,10,14H2,(H2,28,30)(H,31,36);2-9,14-15,17-18H,1,10-13H2,(H2,27,29)(H,28,33)(H,30,34);2-5,8-13,17H,1,6-7,14-15H2,(H2,26,27)(H,28,33)/t16?,20-;;17-/m1.1/s1. The molecule has 2 aliphatic carbocycles. The number of aromatic nitrogens is 14. The van der Waals surface area contributed by atoms with E-state index in [1.54, 1.807) is 18.9 Å². The summed E-state index contributed by atoms with van der Waals surface area (Å²) in [5.41, 5.74) is 24.8. The summed E-state index contributed by atoms with van der Waals surface area (Å²) in [4.78, 5) is 76.5. The largest absolute Gasteiger partial charge is 0.457 e. The maximum absolute atomic E-state index is 13.0. The number of nitrogens with one attached hydrogen (secondary N) is 4. The molecule has 3 atom stereocenters. The first-order valence-corrected chi connectivity index (χ1v) is 34.6. The van der Waals surface area contributed by atoms with E-state index in [1.807, 2.05) is 169 Å². The van der Waals surface area contributed by atoms with Crippen molar-refractivity contribution in [1.82, 2.24) is 79.9 Å². The van der Waals surface area contributed by atoms with E-state index in [9.17, 15) is 28.8 Å². The first kappa shape index (κ1) is 68.8. The van der Waals surface area contributed by atoms with E-state index in [-0.39, 0.29) is 81.8 Å². The van der Waals surface area contributed by atoms with Gasteiger partial charge in [0.1, 0.15) is 56.6 Å². The number of carbonyl (C=O) groups is 3. The quantitative estimate of drug-likeness (QED) is 0.0416. The summed E-state index contributed by atoms with van der Waals surface area (Å²) in [5.74, 6) is 3.08. The molecule has 0 spiro atoms. The second-order valence-corrected chi connectivity index (χ2v) is 26.0. The number of likely N-dealkylation sites (tertiary alicyclic amines) is 1. The Morgan fingerprint density at radius 2 is 1.04 bits per heavy atom. The topological polar surface area (TPSA) is 372 Å². The third kappa shape index (κ3) is 14.2. The predicted molar refractivity (Wildman–Crippen MR) is 402 cm³/mol. The number of ether oxygens (including phenoxy) is 2. The number of hydrogen-bond donors (Lipinski definition) is 7. The maximum atomic E-state index is 13.0. The van der Waals surface area contributed by atoms with Gasteiger partial charge in [0, 0.05) is 40.6 Å². The van der Waals surface area contributed by atoms with Crippen LogP contribution in [0.5, 0.6) is 23.0 Å². The zero-order valence-electron chi connectivity index (χ0n) is 57.2. The van der Waals surface area contributed by atoms with Gasteiger partial charge in [0.2, 0.25) is 11.8 Å². The van der Waals surface area contributed by atoms with E-state index < -0.39 is 0 Å². The fourth-order valence-corrected chi connectivity index (χ4v) is 14.4. The Morgan fingerprint density at radius 3 is 1.59 bits per heavy atom. The first-order valence-electron chi connectivity index (χ1n) is 34.6. The van der Waals surface area contributed by atoms with Crippen LogP contribution >= 0.6 is 0 Å². The molecule has 530 valence electrons. The zero-order valence-corrected chi connectivity index (χ0v) is 57.2. The molecule has 2 amide bonds. The number of hydrogen-bond acceptors (Lipinski definition) is 18. The molecule has 1 aliphatic heterocycles. The number of nitrogens with zero attached hydrogens (tertiary/aromatic N) is 12. The van der Waals surface area contributed by atoms with Crippen molar-refractivity contribution in [2.75, 3.05) is 23.7 Å². The lowest BCUT2D eigenvalue weighted by molar-refractivity contribution is -0.127. The molecule has 6 aromatic carbocycles. The van der Waals surface area contributed by atoms with Crippen molar-refractivity contribution in [3.63, 3.8) is 0 Å². The third-order valence-electron chi connectivity index (χ3n) is 19.5. The molecule has 27 heteroatoms. The molecule has 0 bridgehead atoms. The van der Waals surface area contributed by atoms with Gasteiger partial charge in [-0.2, -0.15) is 35.7 Å². The minimum atomic E-state index is -0.383. The Kier molecular flexibility index (Phi) is 19.7. The Balaban J connectivity index is 0.000000133. The van der Waals surface area contributed by atoms with Gasteiger partial charge in [-0.05, 0) is 173 Å². The molecule has 10 N–H and O–H groups in total. The van der Waals surface area contributed by atoms with Gasteiger partial charge in [0.25, 0.3) is 16.7 Å². The molecule has 0 radical (unpaired) electrons. The summed E-state index contributed by atoms with van der Waals surface area (Å²) in [6.07, 6.45) is 13.7. The molecule has 3 fully saturated rings. The summed E-state index contributed by atoms with van der Waals surface area (Å²) in [7, 11) is 0. The highest BCUT2D eigenvalue weighted by Crippen LogP contribution is 2.41. The molecule has 13 aromatic rings. The van der Waals surface area contributed by atoms with Gasteiger partial charge in [0.05, 0.1) is 58.2 Å². The third-order valence-corrected chi connectivity index (χ3v) is 19.5. The highest BCUT2D eigenvalue weighted by atomic mass is 16.5. The number of nitrogen functional groups attached to an aromatic ring is 3. The van der Waals surface area contributed by atoms with Crippen LogP contribution in [-0.2, 0) is 20.9 Å². The van der Waals surface area contributed by atoms with Crippen LogP contribution in [0.3, 0.4) is 0 Å². The smallest absolute Gasteiger partial charge is 0.290 e. The number of fused-ring (bicyclic) bond motifs is 4. The van der Waals surface area contributed by atoms with Crippen molar-refractivity contribution in [1.29, 1.82) is 0 Å². The van der Waals surface area contributed by atoms with Crippen molar-refractivity contribution in [3.8, 4) is 62.5 Å². The summed E-state index contributed by atoms with van der Waals surface area (Å²) >= 11 is 0. The second-order valence-electron chi connectivity index (χ2n) is 26.0. The van der Waals surface area contributed by atoms with Crippen LogP contribution in [0.25, 0.3) is 83.1 Å². The van der Waals surface area contributed by atoms with Crippen molar-refractivity contribution in [2.24, 2.45) is 5.92 Å². The molecule has 2 saturated carbocycles. The number of aromatic amines is 3. The molecule has 1 unspecified atom stereocenters. The van der Waals surface area contributed by atoms with E-state index in [0.29, 0.717) is 80.8 Å². The van der Waals surface area contributed by atoms with E-state index in [2.05, 4.69) is 60.7 Å². The number of ketones is 1. The Hall–Kier alpha value is -13.3. The normalized spacial score (nSPS) is 17.1. The highest BCUT2D eigenvalue weighted by molar-refractivity contribution is 6.03. The number of carbonyl (C=O) groups excluding carboxylic acids is 3. The summed E-state index contributed by atoms with van der Waals surface area (Å²) in [6.45, 7) is 11.8. The van der Waals surface area contributed by atoms with Crippen LogP contribution < -0.4 is 48.7 Å². The van der Waals surface area contributed by atoms with Gasteiger partial charge >= 0.3 is 0 Å². The monoisotopic (exact) mass is 1410 g/mol. The van der Waals surface area contributed by atoms with Gasteiger partial charge in [0.15, 0.2) is 23.2 Å².